The van der Waals surface area contributed by atoms with Gasteiger partial charge in [-0.05, 0) is 36.1 Å². The Morgan fingerprint density at radius 3 is 1.37 bits per heavy atom. The fraction of sp³-hybridized carbons (Fsp3) is 0.375. The molecule has 0 amide bonds. The number of fused-ring (bicyclic) bond motifs is 4. The number of aliphatic hydroxyl groups excluding tert-OH is 4. The van der Waals surface area contributed by atoms with E-state index in [0.29, 0.717) is 0 Å². The van der Waals surface area contributed by atoms with Crippen LogP contribution in [-0.2, 0) is 28.7 Å². The van der Waals surface area contributed by atoms with Crippen LogP contribution < -0.4 is 9.47 Å². The van der Waals surface area contributed by atoms with Gasteiger partial charge >= 0.3 is 11.9 Å². The second kappa shape index (κ2) is 10.2. The number of phenolic OH excluding ortho intramolecular Hbond substituents is 2. The molecule has 14 nitrogen and oxygen atoms in total. The number of phenols is 2. The summed E-state index contributed by atoms with van der Waals surface area (Å²) in [5.41, 5.74) is -7.25. The summed E-state index contributed by atoms with van der Waals surface area (Å²) < 4.78 is 21.5. The number of methoxy groups -OCH3 is 2. The molecule has 2 saturated carbocycles. The van der Waals surface area contributed by atoms with E-state index in [-0.39, 0.29) is 35.5 Å². The van der Waals surface area contributed by atoms with Crippen molar-refractivity contribution in [3.8, 4) is 34.1 Å². The molecule has 0 bridgehead atoms. The highest BCUT2D eigenvalue weighted by atomic mass is 16.6. The molecule has 14 heteroatoms. The van der Waals surface area contributed by atoms with Crippen molar-refractivity contribution in [1.82, 2.24) is 0 Å². The Balaban J connectivity index is 1.55. The predicted octanol–water partition coefficient (Wildman–Crippen LogP) is 1.85. The third kappa shape index (κ3) is 3.70. The molecule has 0 radical (unpaired) electrons. The minimum atomic E-state index is -2.42. The van der Waals surface area contributed by atoms with Gasteiger partial charge in [0.05, 0.1) is 25.4 Å². The molecule has 46 heavy (non-hydrogen) atoms. The Morgan fingerprint density at radius 1 is 0.696 bits per heavy atom. The van der Waals surface area contributed by atoms with E-state index < -0.39 is 104 Å². The molecule has 2 heterocycles. The van der Waals surface area contributed by atoms with Crippen molar-refractivity contribution in [2.75, 3.05) is 14.2 Å². The van der Waals surface area contributed by atoms with Gasteiger partial charge in [0, 0.05) is 24.0 Å². The van der Waals surface area contributed by atoms with Crippen LogP contribution in [-0.4, -0.2) is 91.8 Å². The molecular weight excluding hydrogens is 608 g/mol. The fourth-order valence-electron chi connectivity index (χ4n) is 7.00. The van der Waals surface area contributed by atoms with Crippen LogP contribution in [0.5, 0.6) is 23.0 Å². The average Bonchev–Trinajstić information content (AvgIpc) is 3.01. The average molecular weight is 639 g/mol. The maximum absolute atomic E-state index is 13.2. The van der Waals surface area contributed by atoms with Crippen molar-refractivity contribution < 1.29 is 68.8 Å². The largest absolute Gasteiger partial charge is 0.506 e. The molecule has 6 rings (SSSR count). The molecule has 2 aliphatic carbocycles. The molecule has 2 fully saturated rings. The summed E-state index contributed by atoms with van der Waals surface area (Å²) in [7, 11) is 2.04. The lowest BCUT2D eigenvalue weighted by molar-refractivity contribution is -0.173. The number of rotatable bonds is 3. The van der Waals surface area contributed by atoms with Crippen molar-refractivity contribution in [2.45, 2.75) is 50.1 Å². The van der Waals surface area contributed by atoms with Crippen molar-refractivity contribution in [1.29, 1.82) is 0 Å². The topological polar surface area (TPSA) is 227 Å². The maximum atomic E-state index is 13.2. The molecule has 6 atom stereocenters. The number of ether oxygens (including phenoxy) is 4. The Hall–Kier alpha value is -5.08. The van der Waals surface area contributed by atoms with E-state index in [2.05, 4.69) is 0 Å². The summed E-state index contributed by atoms with van der Waals surface area (Å²) in [4.78, 5) is 52.3. The number of aliphatic hydroxyl groups is 4. The van der Waals surface area contributed by atoms with Crippen molar-refractivity contribution in [3.63, 3.8) is 0 Å². The first-order chi connectivity index (χ1) is 21.7. The smallest absolute Gasteiger partial charge is 0.358 e. The van der Waals surface area contributed by atoms with Gasteiger partial charge in [0.2, 0.25) is 0 Å². The highest BCUT2D eigenvalue weighted by Gasteiger charge is 2.64. The minimum absolute atomic E-state index is 0.163. The van der Waals surface area contributed by atoms with Crippen LogP contribution in [0.15, 0.2) is 35.4 Å². The quantitative estimate of drug-likeness (QED) is 0.264. The van der Waals surface area contributed by atoms with Gasteiger partial charge in [-0.15, -0.1) is 0 Å². The van der Waals surface area contributed by atoms with Crippen molar-refractivity contribution in [3.05, 3.63) is 46.5 Å². The molecule has 2 aliphatic heterocycles. The van der Waals surface area contributed by atoms with Gasteiger partial charge in [-0.25, -0.2) is 9.59 Å². The lowest BCUT2D eigenvalue weighted by Crippen LogP contribution is -2.64. The fourth-order valence-corrected chi connectivity index (χ4v) is 7.00. The third-order valence-corrected chi connectivity index (χ3v) is 9.26. The molecule has 4 aliphatic rings. The molecule has 6 N–H and O–H groups in total. The van der Waals surface area contributed by atoms with E-state index in [9.17, 15) is 49.8 Å². The number of aromatic hydroxyl groups is 2. The minimum Gasteiger partial charge on any atom is -0.506 e. The SMILES string of the molecule is COC(=O)[C@@]12Oc3ccc(-c4ccc5c(c4O)C(O)=C4C(=O)C[C@H](C)[C@H](O)[C@]4(C(=O)OC)O5)c(O)c3C(O)=C1C(=O)C[C@H](C)[C@H]2O. The highest BCUT2D eigenvalue weighted by Crippen LogP contribution is 2.55. The first-order valence-electron chi connectivity index (χ1n) is 14.3. The maximum Gasteiger partial charge on any atom is 0.358 e. The van der Waals surface area contributed by atoms with E-state index in [1.807, 2.05) is 0 Å². The van der Waals surface area contributed by atoms with Crippen LogP contribution >= 0.6 is 0 Å². The van der Waals surface area contributed by atoms with Crippen LogP contribution in [0.25, 0.3) is 22.6 Å². The molecule has 0 spiro atoms. The predicted molar refractivity (Wildman–Crippen MR) is 155 cm³/mol. The zero-order valence-corrected chi connectivity index (χ0v) is 25.0. The van der Waals surface area contributed by atoms with E-state index in [0.717, 1.165) is 14.2 Å². The van der Waals surface area contributed by atoms with Crippen LogP contribution in [0.1, 0.15) is 37.8 Å². The summed E-state index contributed by atoms with van der Waals surface area (Å²) in [5, 5.41) is 67.7. The summed E-state index contributed by atoms with van der Waals surface area (Å²) in [6.45, 7) is 3.04. The van der Waals surface area contributed by atoms with Crippen LogP contribution in [0.3, 0.4) is 0 Å². The lowest BCUT2D eigenvalue weighted by Gasteiger charge is -2.45. The molecule has 0 saturated heterocycles. The number of esters is 2. The summed E-state index contributed by atoms with van der Waals surface area (Å²) in [6, 6.07) is 4.92. The molecule has 0 aromatic heterocycles. The second-order valence-corrected chi connectivity index (χ2v) is 11.9. The van der Waals surface area contributed by atoms with Gasteiger partial charge in [0.15, 0.2) is 11.6 Å². The van der Waals surface area contributed by atoms with Crippen molar-refractivity contribution >= 4 is 35.0 Å². The molecule has 0 unspecified atom stereocenters. The Kier molecular flexibility index (Phi) is 6.87. The Labute approximate surface area is 260 Å². The number of carbonyl (C=O) groups excluding carboxylic acids is 4. The Morgan fingerprint density at radius 2 is 1.04 bits per heavy atom. The first kappa shape index (κ1) is 30.9. The Bertz CT molecular complexity index is 1690. The van der Waals surface area contributed by atoms with Crippen LogP contribution in [0.4, 0.5) is 0 Å². The van der Waals surface area contributed by atoms with Gasteiger partial charge in [0.25, 0.3) is 11.2 Å². The lowest BCUT2D eigenvalue weighted by atomic mass is 9.69. The van der Waals surface area contributed by atoms with Gasteiger partial charge in [-0.1, -0.05) is 13.8 Å². The number of benzene rings is 2. The number of hydrogen-bond donors (Lipinski definition) is 6. The van der Waals surface area contributed by atoms with Crippen molar-refractivity contribution in [2.24, 2.45) is 11.8 Å². The van der Waals surface area contributed by atoms with Crippen LogP contribution in [0, 0.1) is 11.8 Å². The highest BCUT2D eigenvalue weighted by molar-refractivity contribution is 6.14. The standard InChI is InChI=1S/C32H30O14/c1-11-9-15(33)21-25(37)19-17(45-31(21,27(11)39)29(41)43-3)7-5-13(23(19)35)14-6-8-18-20(24(14)36)26(38)22-16(34)10-12(2)28(40)32(22,46-18)30(42)44-4/h5-8,11-12,27-28,35-40H,9-10H2,1-4H3/t11-,12-,27-,28+,31+,32+/m0/s1. The molecular formula is C32H30O14. The summed E-state index contributed by atoms with van der Waals surface area (Å²) in [5.74, 6) is -9.01. The van der Waals surface area contributed by atoms with E-state index >= 15 is 0 Å². The van der Waals surface area contributed by atoms with Gasteiger partial charge in [-0.3, -0.25) is 9.59 Å². The number of hydrogen-bond acceptors (Lipinski definition) is 14. The van der Waals surface area contributed by atoms with E-state index in [1.54, 1.807) is 0 Å². The van der Waals surface area contributed by atoms with E-state index in [1.165, 1.54) is 38.1 Å². The number of ketones is 2. The molecule has 242 valence electrons. The van der Waals surface area contributed by atoms with E-state index in [4.69, 9.17) is 18.9 Å². The summed E-state index contributed by atoms with van der Waals surface area (Å²) >= 11 is 0. The second-order valence-electron chi connectivity index (χ2n) is 11.9. The first-order valence-corrected chi connectivity index (χ1v) is 14.3. The van der Waals surface area contributed by atoms with Crippen LogP contribution in [0.2, 0.25) is 0 Å². The number of carbonyl (C=O) groups is 4. The molecule has 2 aromatic rings. The van der Waals surface area contributed by atoms with Gasteiger partial charge in [0.1, 0.15) is 57.9 Å². The third-order valence-electron chi connectivity index (χ3n) is 9.26. The normalized spacial score (nSPS) is 29.9. The zero-order chi connectivity index (χ0) is 33.6. The van der Waals surface area contributed by atoms with Gasteiger partial charge in [-0.2, -0.15) is 0 Å². The summed E-state index contributed by atoms with van der Waals surface area (Å²) in [6.07, 6.45) is -3.72. The van der Waals surface area contributed by atoms with Gasteiger partial charge < -0.3 is 49.6 Å². The number of Topliss-reactive ketones (excluding diaryl/α,β-unsaturated/α-hetero) is 2. The molecule has 2 aromatic carbocycles. The monoisotopic (exact) mass is 638 g/mol. The zero-order valence-electron chi connectivity index (χ0n) is 25.0.